The number of H-pyrrole nitrogens is 1. The number of nitrogens with one attached hydrogen (secondary N) is 1. The molecule has 1 unspecified atom stereocenters. The van der Waals surface area contributed by atoms with Crippen molar-refractivity contribution < 1.29 is 8.78 Å². The van der Waals surface area contributed by atoms with Crippen LogP contribution in [0.1, 0.15) is 12.5 Å². The molecule has 3 N–H and O–H groups in total. The third-order valence-corrected chi connectivity index (χ3v) is 3.19. The van der Waals surface area contributed by atoms with Gasteiger partial charge in [0, 0.05) is 6.04 Å². The molecule has 1 heterocycles. The molecule has 1 atom stereocenters. The summed E-state index contributed by atoms with van der Waals surface area (Å²) in [5.74, 6) is -1.24. The summed E-state index contributed by atoms with van der Waals surface area (Å²) in [7, 11) is 0. The molecule has 0 saturated carbocycles. The lowest BCUT2D eigenvalue weighted by molar-refractivity contribution is 0.535. The van der Waals surface area contributed by atoms with E-state index in [0.717, 1.165) is 11.8 Å². The molecule has 1 aromatic heterocycles. The van der Waals surface area contributed by atoms with Crippen molar-refractivity contribution in [2.75, 3.05) is 0 Å². The number of aromatic nitrogens is 3. The van der Waals surface area contributed by atoms with Crippen LogP contribution in [-0.4, -0.2) is 21.2 Å². The summed E-state index contributed by atoms with van der Waals surface area (Å²) >= 11 is 0.865. The first-order valence-corrected chi connectivity index (χ1v) is 6.14. The number of nitrogens with zero attached hydrogens (tertiary/aromatic N) is 2. The van der Waals surface area contributed by atoms with E-state index in [9.17, 15) is 8.78 Å². The fourth-order valence-corrected chi connectivity index (χ4v) is 2.24. The third-order valence-electron chi connectivity index (χ3n) is 2.21. The first-order valence-electron chi connectivity index (χ1n) is 5.33. The Balaban J connectivity index is 2.26. The summed E-state index contributed by atoms with van der Waals surface area (Å²) in [6.07, 6.45) is 1.71. The Labute approximate surface area is 107 Å². The van der Waals surface area contributed by atoms with E-state index in [4.69, 9.17) is 5.73 Å². The Morgan fingerprint density at radius 1 is 1.39 bits per heavy atom. The van der Waals surface area contributed by atoms with Crippen LogP contribution in [-0.2, 0) is 6.42 Å². The van der Waals surface area contributed by atoms with Gasteiger partial charge in [0.2, 0.25) is 0 Å². The van der Waals surface area contributed by atoms with Gasteiger partial charge in [-0.2, -0.15) is 5.10 Å². The first kappa shape index (κ1) is 13.0. The van der Waals surface area contributed by atoms with Crippen molar-refractivity contribution >= 4 is 11.8 Å². The van der Waals surface area contributed by atoms with E-state index >= 15 is 0 Å². The maximum Gasteiger partial charge on any atom is 0.188 e. The molecule has 7 heteroatoms. The van der Waals surface area contributed by atoms with Crippen molar-refractivity contribution in [3.05, 3.63) is 35.7 Å². The van der Waals surface area contributed by atoms with E-state index in [1.807, 2.05) is 0 Å². The van der Waals surface area contributed by atoms with Gasteiger partial charge in [0.1, 0.15) is 18.0 Å². The second kappa shape index (κ2) is 5.45. The highest BCUT2D eigenvalue weighted by Gasteiger charge is 2.14. The average Bonchev–Trinajstić information content (AvgIpc) is 2.75. The van der Waals surface area contributed by atoms with Gasteiger partial charge in [0.25, 0.3) is 0 Å². The molecule has 0 saturated heterocycles. The molecule has 0 bridgehead atoms. The van der Waals surface area contributed by atoms with Crippen LogP contribution in [0.25, 0.3) is 0 Å². The smallest absolute Gasteiger partial charge is 0.188 e. The number of aromatic amines is 1. The number of rotatable bonds is 4. The molecule has 1 aromatic carbocycles. The van der Waals surface area contributed by atoms with E-state index in [1.54, 1.807) is 6.92 Å². The monoisotopic (exact) mass is 270 g/mol. The van der Waals surface area contributed by atoms with Gasteiger partial charge in [0.05, 0.1) is 4.90 Å². The second-order valence-corrected chi connectivity index (χ2v) is 4.96. The molecule has 0 aliphatic heterocycles. The SMILES string of the molecule is CC(N)Cc1cc(F)c(Sc2ncn[nH]2)c(F)c1. The zero-order valence-corrected chi connectivity index (χ0v) is 10.5. The lowest BCUT2D eigenvalue weighted by Crippen LogP contribution is -2.18. The molecule has 0 amide bonds. The van der Waals surface area contributed by atoms with Gasteiger partial charge in [-0.15, -0.1) is 0 Å². The van der Waals surface area contributed by atoms with Crippen LogP contribution >= 0.6 is 11.8 Å². The minimum Gasteiger partial charge on any atom is -0.328 e. The van der Waals surface area contributed by atoms with Gasteiger partial charge in [-0.25, -0.2) is 13.8 Å². The zero-order valence-electron chi connectivity index (χ0n) is 9.65. The zero-order chi connectivity index (χ0) is 13.1. The van der Waals surface area contributed by atoms with Gasteiger partial charge in [-0.05, 0) is 42.8 Å². The Hall–Kier alpha value is -1.47. The molecule has 0 radical (unpaired) electrons. The predicted octanol–water partition coefficient (Wildman–Crippen LogP) is 2.12. The Morgan fingerprint density at radius 3 is 2.56 bits per heavy atom. The van der Waals surface area contributed by atoms with Crippen molar-refractivity contribution in [1.29, 1.82) is 0 Å². The first-order chi connectivity index (χ1) is 8.56. The minimum absolute atomic E-state index is 0.0971. The molecule has 0 spiro atoms. The number of nitrogens with two attached hydrogens (primary N) is 1. The minimum atomic E-state index is -0.618. The summed E-state index contributed by atoms with van der Waals surface area (Å²) < 4.78 is 27.6. The Kier molecular flexibility index (Phi) is 3.93. The summed E-state index contributed by atoms with van der Waals surface area (Å²) in [6.45, 7) is 1.78. The molecule has 2 rings (SSSR count). The van der Waals surface area contributed by atoms with Gasteiger partial charge in [0.15, 0.2) is 5.16 Å². The van der Waals surface area contributed by atoms with Gasteiger partial charge in [-0.1, -0.05) is 0 Å². The van der Waals surface area contributed by atoms with Crippen LogP contribution in [0.2, 0.25) is 0 Å². The highest BCUT2D eigenvalue weighted by atomic mass is 32.2. The van der Waals surface area contributed by atoms with E-state index in [0.29, 0.717) is 17.1 Å². The fraction of sp³-hybridized carbons (Fsp3) is 0.273. The molecule has 18 heavy (non-hydrogen) atoms. The Morgan fingerprint density at radius 2 is 2.06 bits per heavy atom. The largest absolute Gasteiger partial charge is 0.328 e. The highest BCUT2D eigenvalue weighted by Crippen LogP contribution is 2.30. The molecule has 2 aromatic rings. The van der Waals surface area contributed by atoms with Gasteiger partial charge >= 0.3 is 0 Å². The number of hydrogen-bond donors (Lipinski definition) is 2. The lowest BCUT2D eigenvalue weighted by atomic mass is 10.1. The van der Waals surface area contributed by atoms with Gasteiger partial charge < -0.3 is 5.73 Å². The fourth-order valence-electron chi connectivity index (χ4n) is 1.54. The van der Waals surface area contributed by atoms with Crippen LogP contribution in [0.15, 0.2) is 28.5 Å². The Bertz CT molecular complexity index is 505. The van der Waals surface area contributed by atoms with E-state index in [1.165, 1.54) is 18.5 Å². The van der Waals surface area contributed by atoms with E-state index in [2.05, 4.69) is 15.2 Å². The number of halogens is 2. The quantitative estimate of drug-likeness (QED) is 0.893. The van der Waals surface area contributed by atoms with E-state index < -0.39 is 11.6 Å². The predicted molar refractivity (Wildman–Crippen MR) is 64.2 cm³/mol. The van der Waals surface area contributed by atoms with Crippen molar-refractivity contribution in [2.45, 2.75) is 29.4 Å². The highest BCUT2D eigenvalue weighted by molar-refractivity contribution is 7.99. The molecule has 0 fully saturated rings. The van der Waals surface area contributed by atoms with Crippen molar-refractivity contribution in [3.63, 3.8) is 0 Å². The number of hydrogen-bond acceptors (Lipinski definition) is 4. The maximum absolute atomic E-state index is 13.8. The molecular weight excluding hydrogens is 258 g/mol. The normalized spacial score (nSPS) is 12.7. The average molecular weight is 270 g/mol. The molecule has 96 valence electrons. The second-order valence-electron chi connectivity index (χ2n) is 3.96. The topological polar surface area (TPSA) is 67.6 Å². The summed E-state index contributed by atoms with van der Waals surface area (Å²) in [4.78, 5) is 3.71. The van der Waals surface area contributed by atoms with Crippen LogP contribution in [0.4, 0.5) is 8.78 Å². The van der Waals surface area contributed by atoms with Crippen LogP contribution < -0.4 is 5.73 Å². The molecule has 0 aliphatic rings. The van der Waals surface area contributed by atoms with Gasteiger partial charge in [-0.3, -0.25) is 5.10 Å². The molecule has 4 nitrogen and oxygen atoms in total. The van der Waals surface area contributed by atoms with Crippen LogP contribution in [0.5, 0.6) is 0 Å². The van der Waals surface area contributed by atoms with Crippen molar-refractivity contribution in [1.82, 2.24) is 15.2 Å². The van der Waals surface area contributed by atoms with Crippen molar-refractivity contribution in [2.24, 2.45) is 5.73 Å². The number of benzene rings is 1. The van der Waals surface area contributed by atoms with Crippen LogP contribution in [0, 0.1) is 11.6 Å². The van der Waals surface area contributed by atoms with Crippen molar-refractivity contribution in [3.8, 4) is 0 Å². The third kappa shape index (κ3) is 3.05. The lowest BCUT2D eigenvalue weighted by Gasteiger charge is -2.08. The summed E-state index contributed by atoms with van der Waals surface area (Å²) in [5, 5.41) is 6.49. The summed E-state index contributed by atoms with van der Waals surface area (Å²) in [6, 6.07) is 2.45. The maximum atomic E-state index is 13.8. The molecule has 0 aliphatic carbocycles. The summed E-state index contributed by atoms with van der Waals surface area (Å²) in [5.41, 5.74) is 6.14. The standard InChI is InChI=1S/C11H12F2N4S/c1-6(14)2-7-3-8(12)10(9(13)4-7)18-11-15-5-16-17-11/h3-6H,2,14H2,1H3,(H,15,16,17). The molecular formula is C11H12F2N4S. The van der Waals surface area contributed by atoms with Crippen LogP contribution in [0.3, 0.4) is 0 Å². The van der Waals surface area contributed by atoms with E-state index in [-0.39, 0.29) is 10.9 Å².